The Kier molecular flexibility index (Phi) is 6.10. The largest absolute Gasteiger partial charge is 0.493 e. The van der Waals surface area contributed by atoms with E-state index in [-0.39, 0.29) is 28.4 Å². The second-order valence-electron chi connectivity index (χ2n) is 5.23. The van der Waals surface area contributed by atoms with Crippen LogP contribution in [0.1, 0.15) is 15.9 Å². The Hall–Kier alpha value is -3.88. The molecule has 0 atom stereocenters. The number of hydrogen-bond donors (Lipinski definition) is 2. The average molecular weight is 372 g/mol. The predicted octanol–water partition coefficient (Wildman–Crippen LogP) is 2.96. The first-order chi connectivity index (χ1) is 12.8. The first-order valence-electron chi connectivity index (χ1n) is 7.58. The molecule has 0 spiro atoms. The van der Waals surface area contributed by atoms with Crippen LogP contribution in [0.5, 0.6) is 11.5 Å². The number of nitro groups is 1. The van der Waals surface area contributed by atoms with Crippen molar-refractivity contribution in [2.45, 2.75) is 0 Å². The highest BCUT2D eigenvalue weighted by molar-refractivity contribution is 6.06. The van der Waals surface area contributed by atoms with Crippen molar-refractivity contribution in [3.05, 3.63) is 63.7 Å². The van der Waals surface area contributed by atoms with E-state index in [4.69, 9.17) is 9.47 Å². The minimum atomic E-state index is -1.24. The molecule has 0 saturated carbocycles. The second kappa shape index (κ2) is 8.48. The van der Waals surface area contributed by atoms with Crippen molar-refractivity contribution in [1.29, 1.82) is 0 Å². The number of ether oxygens (including phenoxy) is 2. The summed E-state index contributed by atoms with van der Waals surface area (Å²) in [6.45, 7) is 0. The van der Waals surface area contributed by atoms with Crippen LogP contribution < -0.4 is 14.8 Å². The first kappa shape index (κ1) is 19.4. The number of non-ortho nitro benzene ring substituents is 1. The summed E-state index contributed by atoms with van der Waals surface area (Å²) in [5, 5.41) is 22.4. The van der Waals surface area contributed by atoms with Crippen LogP contribution in [0.2, 0.25) is 0 Å². The van der Waals surface area contributed by atoms with Crippen molar-refractivity contribution in [2.75, 3.05) is 19.5 Å². The van der Waals surface area contributed by atoms with E-state index in [1.54, 1.807) is 0 Å². The van der Waals surface area contributed by atoms with Crippen LogP contribution in [-0.4, -0.2) is 36.1 Å². The standard InChI is InChI=1S/C18H16N2O7/c1-26-15-9-13(18(22)23)14(10-16(15)27-2)19-17(21)8-5-11-3-6-12(7-4-11)20(24)25/h3-10H,1-2H3,(H,19,21)(H,22,23)/b8-5+. The Balaban J connectivity index is 2.21. The molecule has 0 aliphatic carbocycles. The molecule has 0 radical (unpaired) electrons. The van der Waals surface area contributed by atoms with Gasteiger partial charge in [0.1, 0.15) is 0 Å². The molecule has 140 valence electrons. The molecule has 0 aromatic heterocycles. The van der Waals surface area contributed by atoms with E-state index in [9.17, 15) is 24.8 Å². The van der Waals surface area contributed by atoms with Gasteiger partial charge < -0.3 is 19.9 Å². The van der Waals surface area contributed by atoms with Gasteiger partial charge in [0.25, 0.3) is 5.69 Å². The Labute approximate surface area is 154 Å². The number of hydrogen-bond acceptors (Lipinski definition) is 6. The SMILES string of the molecule is COc1cc(NC(=O)/C=C/c2ccc([N+](=O)[O-])cc2)c(C(=O)O)cc1OC. The number of carbonyl (C=O) groups is 2. The van der Waals surface area contributed by atoms with E-state index < -0.39 is 16.8 Å². The number of nitrogens with one attached hydrogen (secondary N) is 1. The Morgan fingerprint density at radius 3 is 2.22 bits per heavy atom. The lowest BCUT2D eigenvalue weighted by Crippen LogP contribution is -2.12. The minimum Gasteiger partial charge on any atom is -0.493 e. The molecule has 0 heterocycles. The fourth-order valence-corrected chi connectivity index (χ4v) is 2.21. The normalized spacial score (nSPS) is 10.4. The highest BCUT2D eigenvalue weighted by atomic mass is 16.6. The summed E-state index contributed by atoms with van der Waals surface area (Å²) < 4.78 is 10.2. The number of carboxylic acids is 1. The van der Waals surface area contributed by atoms with Gasteiger partial charge in [0.05, 0.1) is 30.4 Å². The topological polar surface area (TPSA) is 128 Å². The van der Waals surface area contributed by atoms with E-state index in [0.717, 1.165) is 0 Å². The van der Waals surface area contributed by atoms with E-state index in [1.165, 1.54) is 62.8 Å². The van der Waals surface area contributed by atoms with Crippen LogP contribution in [0.25, 0.3) is 6.08 Å². The minimum absolute atomic E-state index is 0.0403. The molecule has 2 aromatic carbocycles. The number of benzene rings is 2. The molecule has 9 heteroatoms. The number of amides is 1. The molecule has 0 saturated heterocycles. The number of carboxylic acid groups (broad SMARTS) is 1. The van der Waals surface area contributed by atoms with Crippen molar-refractivity contribution in [3.8, 4) is 11.5 Å². The van der Waals surface area contributed by atoms with Gasteiger partial charge in [-0.25, -0.2) is 4.79 Å². The maximum Gasteiger partial charge on any atom is 0.337 e. The number of carbonyl (C=O) groups excluding carboxylic acids is 1. The van der Waals surface area contributed by atoms with Crippen molar-refractivity contribution in [1.82, 2.24) is 0 Å². The van der Waals surface area contributed by atoms with E-state index in [0.29, 0.717) is 5.56 Å². The summed E-state index contributed by atoms with van der Waals surface area (Å²) in [4.78, 5) is 33.6. The zero-order chi connectivity index (χ0) is 20.0. The molecular weight excluding hydrogens is 356 g/mol. The van der Waals surface area contributed by atoms with E-state index >= 15 is 0 Å². The highest BCUT2D eigenvalue weighted by Crippen LogP contribution is 2.33. The third-order valence-corrected chi connectivity index (χ3v) is 3.54. The average Bonchev–Trinajstić information content (AvgIpc) is 2.66. The summed E-state index contributed by atoms with van der Waals surface area (Å²) in [6.07, 6.45) is 2.63. The molecule has 1 amide bonds. The summed E-state index contributed by atoms with van der Waals surface area (Å²) in [7, 11) is 2.76. The monoisotopic (exact) mass is 372 g/mol. The van der Waals surface area contributed by atoms with Crippen LogP contribution in [0.4, 0.5) is 11.4 Å². The van der Waals surface area contributed by atoms with Gasteiger partial charge in [0.2, 0.25) is 5.91 Å². The van der Waals surface area contributed by atoms with E-state index in [1.807, 2.05) is 0 Å². The molecule has 0 aliphatic rings. The summed E-state index contributed by atoms with van der Waals surface area (Å²) in [6, 6.07) is 8.20. The lowest BCUT2D eigenvalue weighted by atomic mass is 10.1. The zero-order valence-corrected chi connectivity index (χ0v) is 14.5. The number of rotatable bonds is 7. The van der Waals surface area contributed by atoms with Gasteiger partial charge in [-0.3, -0.25) is 14.9 Å². The van der Waals surface area contributed by atoms with Crippen molar-refractivity contribution in [2.24, 2.45) is 0 Å². The van der Waals surface area contributed by atoms with E-state index in [2.05, 4.69) is 5.32 Å². The van der Waals surface area contributed by atoms with Crippen LogP contribution in [0.15, 0.2) is 42.5 Å². The molecule has 2 N–H and O–H groups in total. The maximum atomic E-state index is 12.1. The second-order valence-corrected chi connectivity index (χ2v) is 5.23. The van der Waals surface area contributed by atoms with Crippen molar-refractivity contribution in [3.63, 3.8) is 0 Å². The smallest absolute Gasteiger partial charge is 0.337 e. The molecule has 0 aliphatic heterocycles. The predicted molar refractivity (Wildman–Crippen MR) is 97.3 cm³/mol. The third-order valence-electron chi connectivity index (χ3n) is 3.54. The number of methoxy groups -OCH3 is 2. The highest BCUT2D eigenvalue weighted by Gasteiger charge is 2.17. The molecule has 0 bridgehead atoms. The third kappa shape index (κ3) is 4.82. The van der Waals surface area contributed by atoms with Gasteiger partial charge in [-0.1, -0.05) is 0 Å². The quantitative estimate of drug-likeness (QED) is 0.434. The van der Waals surface area contributed by atoms with Crippen LogP contribution in [0.3, 0.4) is 0 Å². The Bertz CT molecular complexity index is 905. The molecule has 2 aromatic rings. The zero-order valence-electron chi connectivity index (χ0n) is 14.5. The molecule has 0 unspecified atom stereocenters. The summed E-state index contributed by atoms with van der Waals surface area (Å²) >= 11 is 0. The Morgan fingerprint density at radius 1 is 1.11 bits per heavy atom. The van der Waals surface area contributed by atoms with Crippen LogP contribution >= 0.6 is 0 Å². The van der Waals surface area contributed by atoms with Gasteiger partial charge in [-0.2, -0.15) is 0 Å². The van der Waals surface area contributed by atoms with Gasteiger partial charge >= 0.3 is 5.97 Å². The summed E-state index contributed by atoms with van der Waals surface area (Å²) in [5.41, 5.74) is 0.387. The fraction of sp³-hybridized carbons (Fsp3) is 0.111. The number of nitrogens with zero attached hydrogens (tertiary/aromatic N) is 1. The van der Waals surface area contributed by atoms with Gasteiger partial charge in [-0.15, -0.1) is 0 Å². The first-order valence-corrected chi connectivity index (χ1v) is 7.58. The van der Waals surface area contributed by atoms with Crippen molar-refractivity contribution < 1.29 is 29.1 Å². The molecule has 27 heavy (non-hydrogen) atoms. The Morgan fingerprint density at radius 2 is 1.70 bits per heavy atom. The number of aromatic carboxylic acids is 1. The van der Waals surface area contributed by atoms with Gasteiger partial charge in [0, 0.05) is 30.3 Å². The fourth-order valence-electron chi connectivity index (χ4n) is 2.21. The molecule has 9 nitrogen and oxygen atoms in total. The number of anilines is 1. The van der Waals surface area contributed by atoms with Gasteiger partial charge in [0.15, 0.2) is 11.5 Å². The van der Waals surface area contributed by atoms with Crippen LogP contribution in [0, 0.1) is 10.1 Å². The number of nitro benzene ring substituents is 1. The summed E-state index contributed by atoms with van der Waals surface area (Å²) in [5.74, 6) is -1.35. The maximum absolute atomic E-state index is 12.1. The van der Waals surface area contributed by atoms with Crippen molar-refractivity contribution >= 4 is 29.3 Å². The molecule has 2 rings (SSSR count). The molecular formula is C18H16N2O7. The lowest BCUT2D eigenvalue weighted by Gasteiger charge is -2.13. The van der Waals surface area contributed by atoms with Gasteiger partial charge in [-0.05, 0) is 23.8 Å². The van der Waals surface area contributed by atoms with Crippen LogP contribution in [-0.2, 0) is 4.79 Å². The molecule has 0 fully saturated rings. The lowest BCUT2D eigenvalue weighted by molar-refractivity contribution is -0.384.